The summed E-state index contributed by atoms with van der Waals surface area (Å²) in [6, 6.07) is 8.18. The molecule has 0 spiro atoms. The molecule has 1 N–H and O–H groups in total. The van der Waals surface area contributed by atoms with Gasteiger partial charge in [0.25, 0.3) is 0 Å². The SMILES string of the molecule is c1cncc(-c2cnc([C@@H]3COCCN3Cc3ccncc3)[nH]2)c1. The van der Waals surface area contributed by atoms with Crippen LogP contribution in [-0.2, 0) is 11.3 Å². The van der Waals surface area contributed by atoms with Gasteiger partial charge in [0.1, 0.15) is 5.82 Å². The van der Waals surface area contributed by atoms with Gasteiger partial charge in [-0.15, -0.1) is 0 Å². The highest BCUT2D eigenvalue weighted by atomic mass is 16.5. The first-order valence-electron chi connectivity index (χ1n) is 8.06. The van der Waals surface area contributed by atoms with Gasteiger partial charge in [0.05, 0.1) is 31.1 Å². The minimum absolute atomic E-state index is 0.123. The van der Waals surface area contributed by atoms with Crippen molar-refractivity contribution < 1.29 is 4.74 Å². The van der Waals surface area contributed by atoms with Crippen molar-refractivity contribution in [1.29, 1.82) is 0 Å². The Morgan fingerprint density at radius 3 is 2.88 bits per heavy atom. The van der Waals surface area contributed by atoms with E-state index in [0.29, 0.717) is 6.61 Å². The van der Waals surface area contributed by atoms with Crippen molar-refractivity contribution in [2.24, 2.45) is 0 Å². The second kappa shape index (κ2) is 6.90. The van der Waals surface area contributed by atoms with Crippen LogP contribution in [0.5, 0.6) is 0 Å². The van der Waals surface area contributed by atoms with Crippen LogP contribution in [0.25, 0.3) is 11.3 Å². The molecule has 0 radical (unpaired) electrons. The van der Waals surface area contributed by atoms with Crippen LogP contribution >= 0.6 is 0 Å². The minimum Gasteiger partial charge on any atom is -0.378 e. The minimum atomic E-state index is 0.123. The molecule has 4 heterocycles. The number of hydrogen-bond donors (Lipinski definition) is 1. The van der Waals surface area contributed by atoms with Crippen LogP contribution in [0.3, 0.4) is 0 Å². The number of pyridine rings is 2. The van der Waals surface area contributed by atoms with Crippen LogP contribution in [0.2, 0.25) is 0 Å². The van der Waals surface area contributed by atoms with Crippen LogP contribution < -0.4 is 0 Å². The molecule has 0 aliphatic carbocycles. The summed E-state index contributed by atoms with van der Waals surface area (Å²) in [4.78, 5) is 18.7. The third-order valence-corrected chi connectivity index (χ3v) is 4.26. The van der Waals surface area contributed by atoms with E-state index in [1.54, 1.807) is 6.20 Å². The Labute approximate surface area is 140 Å². The third-order valence-electron chi connectivity index (χ3n) is 4.26. The zero-order valence-corrected chi connectivity index (χ0v) is 13.3. The van der Waals surface area contributed by atoms with Crippen molar-refractivity contribution in [3.8, 4) is 11.3 Å². The molecule has 6 heteroatoms. The van der Waals surface area contributed by atoms with Crippen LogP contribution in [0, 0.1) is 0 Å². The van der Waals surface area contributed by atoms with Crippen molar-refractivity contribution in [3.63, 3.8) is 0 Å². The zero-order valence-electron chi connectivity index (χ0n) is 13.3. The summed E-state index contributed by atoms with van der Waals surface area (Å²) in [5.41, 5.74) is 3.26. The molecule has 3 aromatic heterocycles. The standard InChI is InChI=1S/C18H19N5O/c1-2-15(10-20-5-1)16-11-21-18(22-16)17-13-24-9-8-23(17)12-14-3-6-19-7-4-14/h1-7,10-11,17H,8-9,12-13H2,(H,21,22)/t17-/m0/s1. The van der Waals surface area contributed by atoms with E-state index in [9.17, 15) is 0 Å². The highest BCUT2D eigenvalue weighted by molar-refractivity contribution is 5.56. The quantitative estimate of drug-likeness (QED) is 0.799. The molecule has 4 rings (SSSR count). The zero-order chi connectivity index (χ0) is 16.2. The molecule has 24 heavy (non-hydrogen) atoms. The summed E-state index contributed by atoms with van der Waals surface area (Å²) in [7, 11) is 0. The number of ether oxygens (including phenoxy) is 1. The van der Waals surface area contributed by atoms with Crippen molar-refractivity contribution >= 4 is 0 Å². The second-order valence-electron chi connectivity index (χ2n) is 5.84. The lowest BCUT2D eigenvalue weighted by atomic mass is 10.1. The van der Waals surface area contributed by atoms with Crippen molar-refractivity contribution in [2.45, 2.75) is 12.6 Å². The normalized spacial score (nSPS) is 18.6. The third kappa shape index (κ3) is 3.20. The molecule has 0 saturated carbocycles. The molecule has 1 saturated heterocycles. The number of rotatable bonds is 4. The van der Waals surface area contributed by atoms with E-state index in [4.69, 9.17) is 4.74 Å². The Balaban J connectivity index is 1.56. The predicted octanol–water partition coefficient (Wildman–Crippen LogP) is 2.44. The highest BCUT2D eigenvalue weighted by Crippen LogP contribution is 2.26. The van der Waals surface area contributed by atoms with Crippen LogP contribution in [-0.4, -0.2) is 44.6 Å². The number of nitrogens with zero attached hydrogens (tertiary/aromatic N) is 4. The number of hydrogen-bond acceptors (Lipinski definition) is 5. The molecule has 122 valence electrons. The fourth-order valence-electron chi connectivity index (χ4n) is 2.98. The van der Waals surface area contributed by atoms with Crippen molar-refractivity contribution in [2.75, 3.05) is 19.8 Å². The fourth-order valence-corrected chi connectivity index (χ4v) is 2.98. The number of aromatic amines is 1. The van der Waals surface area contributed by atoms with Gasteiger partial charge in [0.2, 0.25) is 0 Å². The number of H-pyrrole nitrogens is 1. The average Bonchev–Trinajstić information content (AvgIpc) is 3.14. The summed E-state index contributed by atoms with van der Waals surface area (Å²) in [5, 5.41) is 0. The summed E-state index contributed by atoms with van der Waals surface area (Å²) in [6.07, 6.45) is 9.14. The lowest BCUT2D eigenvalue weighted by Crippen LogP contribution is -2.39. The predicted molar refractivity (Wildman–Crippen MR) is 90.0 cm³/mol. The maximum absolute atomic E-state index is 5.69. The summed E-state index contributed by atoms with van der Waals surface area (Å²) < 4.78 is 5.69. The van der Waals surface area contributed by atoms with Gasteiger partial charge < -0.3 is 9.72 Å². The van der Waals surface area contributed by atoms with Gasteiger partial charge in [-0.1, -0.05) is 0 Å². The van der Waals surface area contributed by atoms with E-state index in [-0.39, 0.29) is 6.04 Å². The summed E-state index contributed by atoms with van der Waals surface area (Å²) in [5.74, 6) is 0.933. The number of morpholine rings is 1. The maximum Gasteiger partial charge on any atom is 0.126 e. The second-order valence-corrected chi connectivity index (χ2v) is 5.84. The van der Waals surface area contributed by atoms with E-state index in [1.807, 2.05) is 36.9 Å². The molecule has 0 bridgehead atoms. The van der Waals surface area contributed by atoms with Crippen molar-refractivity contribution in [3.05, 3.63) is 66.6 Å². The van der Waals surface area contributed by atoms with Gasteiger partial charge in [-0.3, -0.25) is 14.9 Å². The molecule has 6 nitrogen and oxygen atoms in total. The Morgan fingerprint density at radius 1 is 1.12 bits per heavy atom. The lowest BCUT2D eigenvalue weighted by molar-refractivity contribution is -0.0156. The van der Waals surface area contributed by atoms with E-state index in [0.717, 1.165) is 36.8 Å². The van der Waals surface area contributed by atoms with Gasteiger partial charge in [0, 0.05) is 43.4 Å². The molecule has 3 aromatic rings. The largest absolute Gasteiger partial charge is 0.378 e. The topological polar surface area (TPSA) is 66.9 Å². The van der Waals surface area contributed by atoms with Crippen LogP contribution in [0.15, 0.2) is 55.2 Å². The molecule has 1 fully saturated rings. The van der Waals surface area contributed by atoms with Gasteiger partial charge in [-0.25, -0.2) is 4.98 Å². The molecule has 0 amide bonds. The molecule has 0 unspecified atom stereocenters. The molecular weight excluding hydrogens is 302 g/mol. The van der Waals surface area contributed by atoms with E-state index < -0.39 is 0 Å². The number of imidazole rings is 1. The van der Waals surface area contributed by atoms with Gasteiger partial charge in [0.15, 0.2) is 0 Å². The van der Waals surface area contributed by atoms with Crippen LogP contribution in [0.1, 0.15) is 17.4 Å². The van der Waals surface area contributed by atoms with E-state index >= 15 is 0 Å². The molecule has 1 aliphatic rings. The van der Waals surface area contributed by atoms with Crippen LogP contribution in [0.4, 0.5) is 0 Å². The Morgan fingerprint density at radius 2 is 2.04 bits per heavy atom. The first-order chi connectivity index (χ1) is 11.9. The van der Waals surface area contributed by atoms with Gasteiger partial charge in [-0.05, 0) is 29.8 Å². The van der Waals surface area contributed by atoms with E-state index in [2.05, 4.69) is 37.0 Å². The lowest BCUT2D eigenvalue weighted by Gasteiger charge is -2.34. The van der Waals surface area contributed by atoms with Crippen molar-refractivity contribution in [1.82, 2.24) is 24.8 Å². The molecule has 1 atom stereocenters. The van der Waals surface area contributed by atoms with E-state index in [1.165, 1.54) is 5.56 Å². The maximum atomic E-state index is 5.69. The summed E-state index contributed by atoms with van der Waals surface area (Å²) >= 11 is 0. The molecular formula is C18H19N5O. The molecule has 0 aromatic carbocycles. The first kappa shape index (κ1) is 15.0. The fraction of sp³-hybridized carbons (Fsp3) is 0.278. The van der Waals surface area contributed by atoms with Gasteiger partial charge in [-0.2, -0.15) is 0 Å². The number of aromatic nitrogens is 4. The monoisotopic (exact) mass is 321 g/mol. The Hall–Kier alpha value is -2.57. The highest BCUT2D eigenvalue weighted by Gasteiger charge is 2.27. The molecule has 1 aliphatic heterocycles. The number of nitrogens with one attached hydrogen (secondary N) is 1. The van der Waals surface area contributed by atoms with Gasteiger partial charge >= 0.3 is 0 Å². The Bertz CT molecular complexity index is 774. The first-order valence-corrected chi connectivity index (χ1v) is 8.06. The average molecular weight is 321 g/mol. The smallest absolute Gasteiger partial charge is 0.126 e. The summed E-state index contributed by atoms with van der Waals surface area (Å²) in [6.45, 7) is 3.14. The Kier molecular flexibility index (Phi) is 4.31.